The maximum Gasteiger partial charge on any atom is 0.191 e. The maximum atomic E-state index is 8.97. The van der Waals surface area contributed by atoms with Crippen LogP contribution >= 0.6 is 12.2 Å². The van der Waals surface area contributed by atoms with Crippen molar-refractivity contribution in [1.29, 1.82) is 0 Å². The van der Waals surface area contributed by atoms with Crippen molar-refractivity contribution in [2.75, 3.05) is 30.4 Å². The third-order valence-corrected chi connectivity index (χ3v) is 4.06. The van der Waals surface area contributed by atoms with Gasteiger partial charge in [0.05, 0.1) is 12.8 Å². The minimum absolute atomic E-state index is 0.133. The molecule has 3 N–H and O–H groups in total. The van der Waals surface area contributed by atoms with E-state index in [0.29, 0.717) is 11.7 Å². The second kappa shape index (κ2) is 9.15. The topological polar surface area (TPSA) is 59.9 Å². The number of nitrogens with one attached hydrogen (secondary N) is 2. The number of hydrogen-bond donors (Lipinski definition) is 3. The van der Waals surface area contributed by atoms with E-state index in [-0.39, 0.29) is 6.61 Å². The van der Waals surface area contributed by atoms with Gasteiger partial charge in [0.25, 0.3) is 0 Å². The van der Waals surface area contributed by atoms with Crippen LogP contribution in [0.1, 0.15) is 16.7 Å². The van der Waals surface area contributed by atoms with E-state index in [9.17, 15) is 0 Å². The van der Waals surface area contributed by atoms with Crippen molar-refractivity contribution < 1.29 is 5.11 Å². The number of hydrazone groups is 1. The van der Waals surface area contributed by atoms with Crippen LogP contribution in [0.4, 0.5) is 11.4 Å². The van der Waals surface area contributed by atoms with Crippen LogP contribution in [0.2, 0.25) is 0 Å². The largest absolute Gasteiger partial charge is 0.395 e. The van der Waals surface area contributed by atoms with Crippen LogP contribution in [-0.2, 0) is 0 Å². The van der Waals surface area contributed by atoms with Crippen LogP contribution in [0.3, 0.4) is 0 Å². The number of likely N-dealkylation sites (N-methyl/N-ethyl adjacent to an activating group) is 1. The van der Waals surface area contributed by atoms with Gasteiger partial charge in [-0.1, -0.05) is 30.3 Å². The van der Waals surface area contributed by atoms with Gasteiger partial charge in [-0.15, -0.1) is 0 Å². The summed E-state index contributed by atoms with van der Waals surface area (Å²) in [6.45, 7) is 4.81. The SMILES string of the molecule is Cc1cccc(C)c1NC(=S)NN=Cc1ccc(N(C)CCO)cc1. The summed E-state index contributed by atoms with van der Waals surface area (Å²) in [6.07, 6.45) is 1.72. The lowest BCUT2D eigenvalue weighted by molar-refractivity contribution is 0.304. The summed E-state index contributed by atoms with van der Waals surface area (Å²) in [5, 5.41) is 16.8. The van der Waals surface area contributed by atoms with Crippen molar-refractivity contribution in [2.45, 2.75) is 13.8 Å². The third kappa shape index (κ3) is 5.55. The molecule has 0 radical (unpaired) electrons. The molecule has 2 aromatic rings. The van der Waals surface area contributed by atoms with Crippen molar-refractivity contribution >= 4 is 34.9 Å². The minimum atomic E-state index is 0.133. The molecule has 0 aliphatic carbocycles. The number of aliphatic hydroxyl groups is 1. The second-order valence-electron chi connectivity index (χ2n) is 5.83. The Bertz CT molecular complexity index is 723. The van der Waals surface area contributed by atoms with Gasteiger partial charge in [-0.05, 0) is 54.9 Å². The zero-order chi connectivity index (χ0) is 18.2. The Balaban J connectivity index is 1.91. The molecule has 0 atom stereocenters. The molecule has 0 saturated carbocycles. The summed E-state index contributed by atoms with van der Waals surface area (Å²) >= 11 is 5.29. The molecule has 0 unspecified atom stereocenters. The number of rotatable bonds is 6. The summed E-state index contributed by atoms with van der Waals surface area (Å²) in [7, 11) is 1.94. The minimum Gasteiger partial charge on any atom is -0.395 e. The first kappa shape index (κ1) is 18.9. The van der Waals surface area contributed by atoms with Crippen molar-refractivity contribution in [3.8, 4) is 0 Å². The smallest absolute Gasteiger partial charge is 0.191 e. The fraction of sp³-hybridized carbons (Fsp3) is 0.263. The molecule has 0 aliphatic heterocycles. The highest BCUT2D eigenvalue weighted by molar-refractivity contribution is 7.80. The van der Waals surface area contributed by atoms with Crippen LogP contribution in [0.15, 0.2) is 47.6 Å². The van der Waals surface area contributed by atoms with Crippen LogP contribution < -0.4 is 15.6 Å². The predicted octanol–water partition coefficient (Wildman–Crippen LogP) is 3.05. The van der Waals surface area contributed by atoms with Crippen molar-refractivity contribution in [3.63, 3.8) is 0 Å². The highest BCUT2D eigenvalue weighted by Crippen LogP contribution is 2.19. The molecule has 6 heteroatoms. The molecule has 0 bridgehead atoms. The molecule has 132 valence electrons. The first-order valence-electron chi connectivity index (χ1n) is 8.09. The maximum absolute atomic E-state index is 8.97. The first-order chi connectivity index (χ1) is 12.0. The Kier molecular flexibility index (Phi) is 6.91. The van der Waals surface area contributed by atoms with Gasteiger partial charge in [-0.25, -0.2) is 0 Å². The molecule has 2 aromatic carbocycles. The van der Waals surface area contributed by atoms with Gasteiger partial charge in [-0.2, -0.15) is 5.10 Å². The summed E-state index contributed by atoms with van der Waals surface area (Å²) in [4.78, 5) is 1.99. The average molecular weight is 356 g/mol. The highest BCUT2D eigenvalue weighted by atomic mass is 32.1. The average Bonchev–Trinajstić information content (AvgIpc) is 2.59. The zero-order valence-electron chi connectivity index (χ0n) is 14.8. The molecular weight excluding hydrogens is 332 g/mol. The second-order valence-corrected chi connectivity index (χ2v) is 6.24. The Morgan fingerprint density at radius 3 is 2.40 bits per heavy atom. The Morgan fingerprint density at radius 2 is 1.80 bits per heavy atom. The van der Waals surface area contributed by atoms with Crippen molar-refractivity contribution in [2.24, 2.45) is 5.10 Å². The van der Waals surface area contributed by atoms with Crippen LogP contribution in [-0.4, -0.2) is 36.6 Å². The number of aryl methyl sites for hydroxylation is 2. The summed E-state index contributed by atoms with van der Waals surface area (Å²) in [5.74, 6) is 0. The molecular formula is C19H24N4OS. The summed E-state index contributed by atoms with van der Waals surface area (Å²) in [6, 6.07) is 14.0. The van der Waals surface area contributed by atoms with Crippen LogP contribution in [0.5, 0.6) is 0 Å². The fourth-order valence-corrected chi connectivity index (χ4v) is 2.57. The standard InChI is InChI=1S/C19H24N4OS/c1-14-5-4-6-15(2)18(14)21-19(25)22-20-13-16-7-9-17(10-8-16)23(3)11-12-24/h4-10,13,24H,11-12H2,1-3H3,(H2,21,22,25). The van der Waals surface area contributed by atoms with E-state index in [1.165, 1.54) is 0 Å². The first-order valence-corrected chi connectivity index (χ1v) is 8.50. The van der Waals surface area contributed by atoms with E-state index >= 15 is 0 Å². The van der Waals surface area contributed by atoms with E-state index in [1.807, 2.05) is 68.3 Å². The number of anilines is 2. The van der Waals surface area contributed by atoms with E-state index in [2.05, 4.69) is 15.8 Å². The van der Waals surface area contributed by atoms with Gasteiger partial charge in [0.15, 0.2) is 5.11 Å². The molecule has 0 spiro atoms. The Labute approximate surface area is 154 Å². The lowest BCUT2D eigenvalue weighted by atomic mass is 10.1. The van der Waals surface area contributed by atoms with Crippen molar-refractivity contribution in [1.82, 2.24) is 5.43 Å². The van der Waals surface area contributed by atoms with Gasteiger partial charge in [-0.3, -0.25) is 5.43 Å². The van der Waals surface area contributed by atoms with Gasteiger partial charge < -0.3 is 15.3 Å². The molecule has 25 heavy (non-hydrogen) atoms. The van der Waals surface area contributed by atoms with Gasteiger partial charge >= 0.3 is 0 Å². The number of hydrogen-bond acceptors (Lipinski definition) is 4. The van der Waals surface area contributed by atoms with Crippen molar-refractivity contribution in [3.05, 3.63) is 59.2 Å². The zero-order valence-corrected chi connectivity index (χ0v) is 15.6. The van der Waals surface area contributed by atoms with E-state index in [0.717, 1.165) is 28.1 Å². The normalized spacial score (nSPS) is 10.7. The quantitative estimate of drug-likeness (QED) is 0.422. The Hall–Kier alpha value is -2.44. The number of nitrogens with zero attached hydrogens (tertiary/aromatic N) is 2. The Morgan fingerprint density at radius 1 is 1.16 bits per heavy atom. The van der Waals surface area contributed by atoms with Gasteiger partial charge in [0.1, 0.15) is 0 Å². The third-order valence-electron chi connectivity index (χ3n) is 3.87. The number of benzene rings is 2. The van der Waals surface area contributed by atoms with Gasteiger partial charge in [0.2, 0.25) is 0 Å². The number of para-hydroxylation sites is 1. The monoisotopic (exact) mass is 356 g/mol. The molecule has 0 aliphatic rings. The van der Waals surface area contributed by atoms with E-state index in [4.69, 9.17) is 17.3 Å². The summed E-state index contributed by atoms with van der Waals surface area (Å²) in [5.41, 5.74) is 8.12. The number of aliphatic hydroxyl groups excluding tert-OH is 1. The lowest BCUT2D eigenvalue weighted by Crippen LogP contribution is -2.24. The molecule has 0 saturated heterocycles. The number of thiocarbonyl (C=S) groups is 1. The van der Waals surface area contributed by atoms with Gasteiger partial charge in [0, 0.05) is 25.0 Å². The highest BCUT2D eigenvalue weighted by Gasteiger charge is 2.03. The fourth-order valence-electron chi connectivity index (χ4n) is 2.41. The predicted molar refractivity (Wildman–Crippen MR) is 110 cm³/mol. The van der Waals surface area contributed by atoms with Crippen LogP contribution in [0, 0.1) is 13.8 Å². The van der Waals surface area contributed by atoms with E-state index in [1.54, 1.807) is 6.21 Å². The van der Waals surface area contributed by atoms with E-state index < -0.39 is 0 Å². The molecule has 0 fully saturated rings. The molecule has 0 amide bonds. The molecule has 2 rings (SSSR count). The molecule has 5 nitrogen and oxygen atoms in total. The lowest BCUT2D eigenvalue weighted by Gasteiger charge is -2.17. The summed E-state index contributed by atoms with van der Waals surface area (Å²) < 4.78 is 0. The molecule has 0 aromatic heterocycles. The van der Waals surface area contributed by atoms with Crippen LogP contribution in [0.25, 0.3) is 0 Å². The molecule has 0 heterocycles.